The van der Waals surface area contributed by atoms with Gasteiger partial charge in [-0.15, -0.1) is 0 Å². The van der Waals surface area contributed by atoms with E-state index in [1.807, 2.05) is 0 Å². The van der Waals surface area contributed by atoms with Crippen molar-refractivity contribution in [3.63, 3.8) is 0 Å². The Kier molecular flexibility index (Phi) is 4.72. The van der Waals surface area contributed by atoms with E-state index in [1.54, 1.807) is 0 Å². The van der Waals surface area contributed by atoms with Gasteiger partial charge in [-0.1, -0.05) is 19.1 Å². The molecular formula is C12H15FO6S. The van der Waals surface area contributed by atoms with E-state index in [2.05, 4.69) is 4.18 Å². The van der Waals surface area contributed by atoms with Crippen molar-refractivity contribution in [2.75, 3.05) is 13.4 Å². The number of carboxylic acid groups (broad SMARTS) is 1. The van der Waals surface area contributed by atoms with Crippen LogP contribution in [0.2, 0.25) is 0 Å². The van der Waals surface area contributed by atoms with Crippen LogP contribution < -0.4 is 4.74 Å². The maximum absolute atomic E-state index is 14.2. The van der Waals surface area contributed by atoms with E-state index in [1.165, 1.54) is 26.2 Å². The first-order valence-electron chi connectivity index (χ1n) is 5.65. The Morgan fingerprint density at radius 1 is 1.45 bits per heavy atom. The number of rotatable bonds is 6. The van der Waals surface area contributed by atoms with Crippen LogP contribution in [-0.2, 0) is 24.7 Å². The van der Waals surface area contributed by atoms with E-state index in [4.69, 9.17) is 4.74 Å². The highest BCUT2D eigenvalue weighted by Gasteiger charge is 2.46. The summed E-state index contributed by atoms with van der Waals surface area (Å²) in [5.74, 6) is -2.76. The Bertz CT molecular complexity index is 612. The number of ether oxygens (including phenoxy) is 1. The summed E-state index contributed by atoms with van der Waals surface area (Å²) in [6, 6.07) is 3.80. The minimum atomic E-state index is -4.11. The average molecular weight is 306 g/mol. The van der Waals surface area contributed by atoms with Crippen molar-refractivity contribution < 1.29 is 31.6 Å². The maximum Gasteiger partial charge on any atom is 0.342 e. The number of benzene rings is 1. The van der Waals surface area contributed by atoms with Crippen LogP contribution in [0.5, 0.6) is 5.75 Å². The zero-order valence-electron chi connectivity index (χ0n) is 11.2. The van der Waals surface area contributed by atoms with Gasteiger partial charge in [0.1, 0.15) is 0 Å². The molecule has 0 fully saturated rings. The highest BCUT2D eigenvalue weighted by molar-refractivity contribution is 7.86. The van der Waals surface area contributed by atoms with Crippen molar-refractivity contribution in [2.45, 2.75) is 18.9 Å². The smallest absolute Gasteiger partial charge is 0.342 e. The summed E-state index contributed by atoms with van der Waals surface area (Å²) in [5.41, 5.74) is -2.73. The number of carbonyl (C=O) groups is 1. The monoisotopic (exact) mass is 306 g/mol. The van der Waals surface area contributed by atoms with Gasteiger partial charge in [-0.2, -0.15) is 8.42 Å². The highest BCUT2D eigenvalue weighted by atomic mass is 32.2. The fourth-order valence-electron chi connectivity index (χ4n) is 1.84. The molecule has 0 saturated carbocycles. The van der Waals surface area contributed by atoms with Gasteiger partial charge in [-0.3, -0.25) is 0 Å². The third-order valence-corrected chi connectivity index (χ3v) is 3.34. The molecule has 1 N–H and O–H groups in total. The zero-order valence-corrected chi connectivity index (χ0v) is 12.0. The van der Waals surface area contributed by atoms with Gasteiger partial charge in [0.05, 0.1) is 13.4 Å². The third-order valence-electron chi connectivity index (χ3n) is 2.76. The largest absolute Gasteiger partial charge is 0.494 e. The minimum Gasteiger partial charge on any atom is -0.494 e. The summed E-state index contributed by atoms with van der Waals surface area (Å²) >= 11 is 0. The molecular weight excluding hydrogens is 291 g/mol. The van der Waals surface area contributed by atoms with Crippen molar-refractivity contribution in [1.82, 2.24) is 0 Å². The lowest BCUT2D eigenvalue weighted by Gasteiger charge is -2.28. The molecule has 0 aliphatic rings. The van der Waals surface area contributed by atoms with Crippen LogP contribution in [-0.4, -0.2) is 32.9 Å². The first kappa shape index (κ1) is 16.4. The molecule has 112 valence electrons. The van der Waals surface area contributed by atoms with Crippen LogP contribution in [0.1, 0.15) is 18.9 Å². The van der Waals surface area contributed by atoms with Gasteiger partial charge in [0.15, 0.2) is 11.6 Å². The molecule has 1 atom stereocenters. The molecule has 0 heterocycles. The van der Waals surface area contributed by atoms with Gasteiger partial charge >= 0.3 is 5.97 Å². The second kappa shape index (κ2) is 5.76. The van der Waals surface area contributed by atoms with E-state index in [0.717, 1.165) is 6.07 Å². The van der Waals surface area contributed by atoms with Gasteiger partial charge in [-0.05, 0) is 12.5 Å². The number of aliphatic carboxylic acids is 1. The van der Waals surface area contributed by atoms with E-state index in [-0.39, 0.29) is 12.2 Å². The fraction of sp³-hybridized carbons (Fsp3) is 0.417. The van der Waals surface area contributed by atoms with Crippen molar-refractivity contribution >= 4 is 16.1 Å². The molecule has 0 aromatic heterocycles. The molecule has 6 nitrogen and oxygen atoms in total. The predicted molar refractivity (Wildman–Crippen MR) is 68.5 cm³/mol. The van der Waals surface area contributed by atoms with Gasteiger partial charge in [-0.25, -0.2) is 13.4 Å². The van der Waals surface area contributed by atoms with Crippen LogP contribution in [0.3, 0.4) is 0 Å². The molecule has 1 rings (SSSR count). The van der Waals surface area contributed by atoms with Gasteiger partial charge in [0, 0.05) is 5.56 Å². The lowest BCUT2D eigenvalue weighted by atomic mass is 9.90. The number of methoxy groups -OCH3 is 1. The van der Waals surface area contributed by atoms with Gasteiger partial charge in [0.25, 0.3) is 10.1 Å². The van der Waals surface area contributed by atoms with Crippen LogP contribution in [0.15, 0.2) is 18.2 Å². The predicted octanol–water partition coefficient (Wildman–Crippen LogP) is 1.50. The molecule has 0 aliphatic heterocycles. The topological polar surface area (TPSA) is 89.9 Å². The zero-order chi connectivity index (χ0) is 15.6. The molecule has 8 heteroatoms. The van der Waals surface area contributed by atoms with Crippen LogP contribution in [0, 0.1) is 5.82 Å². The van der Waals surface area contributed by atoms with Gasteiger partial charge in [0.2, 0.25) is 5.60 Å². The summed E-state index contributed by atoms with van der Waals surface area (Å²) in [7, 11) is -2.90. The van der Waals surface area contributed by atoms with Gasteiger partial charge < -0.3 is 9.84 Å². The first-order chi connectivity index (χ1) is 9.18. The summed E-state index contributed by atoms with van der Waals surface area (Å²) in [5, 5.41) is 9.33. The number of halogens is 1. The summed E-state index contributed by atoms with van der Waals surface area (Å²) in [4.78, 5) is 11.5. The molecule has 0 spiro atoms. The lowest BCUT2D eigenvalue weighted by molar-refractivity contribution is -0.156. The Morgan fingerprint density at radius 2 is 2.05 bits per heavy atom. The summed E-state index contributed by atoms with van der Waals surface area (Å²) in [6.45, 7) is 1.39. The van der Waals surface area contributed by atoms with E-state index in [0.29, 0.717) is 6.26 Å². The molecule has 0 bridgehead atoms. The second-order valence-corrected chi connectivity index (χ2v) is 5.67. The van der Waals surface area contributed by atoms with Crippen molar-refractivity contribution in [3.05, 3.63) is 29.6 Å². The lowest BCUT2D eigenvalue weighted by Crippen LogP contribution is -2.40. The molecule has 0 amide bonds. The Hall–Kier alpha value is -1.67. The van der Waals surface area contributed by atoms with E-state index in [9.17, 15) is 22.7 Å². The number of hydrogen-bond donors (Lipinski definition) is 1. The standard InChI is InChI=1S/C12H15FO6S/c1-4-12(11(14)15,19-20(3,16)17)8-6-5-7-9(18-2)10(8)13/h5-7H,4H2,1-3H3,(H,14,15). The Labute approximate surface area is 116 Å². The molecule has 1 aromatic rings. The van der Waals surface area contributed by atoms with E-state index >= 15 is 0 Å². The number of carboxylic acids is 1. The van der Waals surface area contributed by atoms with Crippen molar-refractivity contribution in [2.24, 2.45) is 0 Å². The SMILES string of the molecule is CCC(OS(C)(=O)=O)(C(=O)O)c1cccc(OC)c1F. The van der Waals surface area contributed by atoms with Crippen molar-refractivity contribution in [3.8, 4) is 5.75 Å². The molecule has 0 saturated heterocycles. The maximum atomic E-state index is 14.2. The number of hydrogen-bond acceptors (Lipinski definition) is 5. The van der Waals surface area contributed by atoms with Crippen LogP contribution in [0.4, 0.5) is 4.39 Å². The Morgan fingerprint density at radius 3 is 2.45 bits per heavy atom. The minimum absolute atomic E-state index is 0.196. The Balaban J connectivity index is 3.57. The molecule has 20 heavy (non-hydrogen) atoms. The van der Waals surface area contributed by atoms with Crippen LogP contribution >= 0.6 is 0 Å². The third kappa shape index (κ3) is 3.07. The summed E-state index contributed by atoms with van der Waals surface area (Å²) < 4.78 is 46.3. The quantitative estimate of drug-likeness (QED) is 0.801. The first-order valence-corrected chi connectivity index (χ1v) is 7.46. The molecule has 1 unspecified atom stereocenters. The molecule has 0 radical (unpaired) electrons. The summed E-state index contributed by atoms with van der Waals surface area (Å²) in [6.07, 6.45) is 0.428. The van der Waals surface area contributed by atoms with E-state index < -0.39 is 33.1 Å². The molecule has 0 aliphatic carbocycles. The van der Waals surface area contributed by atoms with Crippen LogP contribution in [0.25, 0.3) is 0 Å². The average Bonchev–Trinajstić information content (AvgIpc) is 2.35. The fourth-order valence-corrected chi connectivity index (χ4v) is 2.63. The normalized spacial score (nSPS) is 14.6. The highest BCUT2D eigenvalue weighted by Crippen LogP contribution is 2.36. The second-order valence-electron chi connectivity index (χ2n) is 4.09. The molecule has 1 aromatic carbocycles. The van der Waals surface area contributed by atoms with Crippen molar-refractivity contribution in [1.29, 1.82) is 0 Å².